The molecule has 10 heteroatoms. The van der Waals surface area contributed by atoms with Crippen LogP contribution in [0.1, 0.15) is 37.6 Å². The topological polar surface area (TPSA) is 84.0 Å². The Balaban J connectivity index is 2.07. The van der Waals surface area contributed by atoms with Gasteiger partial charge >= 0.3 is 6.18 Å². The number of nitrogens with zero attached hydrogens (tertiary/aromatic N) is 2. The predicted molar refractivity (Wildman–Crippen MR) is 73.1 cm³/mol. The van der Waals surface area contributed by atoms with Gasteiger partial charge in [-0.1, -0.05) is 24.2 Å². The number of hydrogen-bond acceptors (Lipinski definition) is 5. The SMILES string of the molecule is CC(=O)NC(C(=O)Nc1nnc(C(F)(F)F)s1)C1CCCC1. The van der Waals surface area contributed by atoms with Gasteiger partial charge in [0.2, 0.25) is 22.0 Å². The maximum atomic E-state index is 12.5. The monoisotopic (exact) mass is 336 g/mol. The Morgan fingerprint density at radius 3 is 2.41 bits per heavy atom. The number of carbonyl (C=O) groups excluding carboxylic acids is 2. The molecule has 1 saturated carbocycles. The Hall–Kier alpha value is -1.71. The summed E-state index contributed by atoms with van der Waals surface area (Å²) in [5.74, 6) is -0.939. The second-order valence-electron chi connectivity index (χ2n) is 5.12. The first-order valence-corrected chi connectivity index (χ1v) is 7.57. The van der Waals surface area contributed by atoms with Gasteiger partial charge in [-0.05, 0) is 18.8 Å². The van der Waals surface area contributed by atoms with Crippen LogP contribution in [-0.2, 0) is 15.8 Å². The van der Waals surface area contributed by atoms with Crippen LogP contribution in [0.5, 0.6) is 0 Å². The van der Waals surface area contributed by atoms with E-state index in [-0.39, 0.29) is 28.3 Å². The van der Waals surface area contributed by atoms with Crippen LogP contribution in [0.15, 0.2) is 0 Å². The molecule has 0 spiro atoms. The van der Waals surface area contributed by atoms with Crippen molar-refractivity contribution in [3.05, 3.63) is 5.01 Å². The van der Waals surface area contributed by atoms with Crippen LogP contribution < -0.4 is 10.6 Å². The van der Waals surface area contributed by atoms with E-state index in [0.29, 0.717) is 0 Å². The second-order valence-corrected chi connectivity index (χ2v) is 6.10. The molecule has 1 aromatic heterocycles. The van der Waals surface area contributed by atoms with E-state index < -0.39 is 23.1 Å². The molecule has 0 radical (unpaired) electrons. The van der Waals surface area contributed by atoms with Gasteiger partial charge in [0.25, 0.3) is 0 Å². The first-order chi connectivity index (χ1) is 10.3. The van der Waals surface area contributed by atoms with Crippen LogP contribution in [0.3, 0.4) is 0 Å². The zero-order chi connectivity index (χ0) is 16.3. The third kappa shape index (κ3) is 4.15. The van der Waals surface area contributed by atoms with E-state index in [1.807, 2.05) is 0 Å². The van der Waals surface area contributed by atoms with Crippen LogP contribution in [0.2, 0.25) is 0 Å². The van der Waals surface area contributed by atoms with Crippen LogP contribution in [0.25, 0.3) is 0 Å². The number of alkyl halides is 3. The molecule has 0 bridgehead atoms. The van der Waals surface area contributed by atoms with E-state index >= 15 is 0 Å². The first-order valence-electron chi connectivity index (χ1n) is 6.76. The van der Waals surface area contributed by atoms with Gasteiger partial charge in [0.1, 0.15) is 6.04 Å². The van der Waals surface area contributed by atoms with Crippen LogP contribution >= 0.6 is 11.3 Å². The minimum Gasteiger partial charge on any atom is -0.344 e. The number of carbonyl (C=O) groups is 2. The van der Waals surface area contributed by atoms with E-state index in [0.717, 1.165) is 25.7 Å². The average Bonchev–Trinajstić information content (AvgIpc) is 3.05. The van der Waals surface area contributed by atoms with Gasteiger partial charge in [-0.25, -0.2) is 0 Å². The minimum absolute atomic E-state index is 0.0149. The van der Waals surface area contributed by atoms with E-state index in [4.69, 9.17) is 0 Å². The molecule has 22 heavy (non-hydrogen) atoms. The summed E-state index contributed by atoms with van der Waals surface area (Å²) in [6.07, 6.45) is -1.08. The highest BCUT2D eigenvalue weighted by molar-refractivity contribution is 7.15. The number of hydrogen-bond donors (Lipinski definition) is 2. The Morgan fingerprint density at radius 1 is 1.27 bits per heavy atom. The second kappa shape index (κ2) is 6.59. The van der Waals surface area contributed by atoms with Crippen molar-refractivity contribution >= 4 is 28.3 Å². The molecule has 2 amide bonds. The molecule has 1 fully saturated rings. The van der Waals surface area contributed by atoms with E-state index in [1.165, 1.54) is 6.92 Å². The van der Waals surface area contributed by atoms with E-state index in [2.05, 4.69) is 20.8 Å². The fraction of sp³-hybridized carbons (Fsp3) is 0.667. The summed E-state index contributed by atoms with van der Waals surface area (Å²) in [6, 6.07) is -0.766. The summed E-state index contributed by atoms with van der Waals surface area (Å²) in [5.41, 5.74) is 0. The van der Waals surface area contributed by atoms with Crippen molar-refractivity contribution in [1.29, 1.82) is 0 Å². The van der Waals surface area contributed by atoms with Gasteiger partial charge < -0.3 is 5.32 Å². The number of halogens is 3. The van der Waals surface area contributed by atoms with Crippen LogP contribution in [0.4, 0.5) is 18.3 Å². The van der Waals surface area contributed by atoms with E-state index in [1.54, 1.807) is 0 Å². The van der Waals surface area contributed by atoms with Gasteiger partial charge in [0.05, 0.1) is 0 Å². The summed E-state index contributed by atoms with van der Waals surface area (Å²) in [6.45, 7) is 1.29. The molecule has 1 heterocycles. The Morgan fingerprint density at radius 2 is 1.91 bits per heavy atom. The highest BCUT2D eigenvalue weighted by Gasteiger charge is 2.36. The first kappa shape index (κ1) is 16.7. The average molecular weight is 336 g/mol. The van der Waals surface area contributed by atoms with Crippen molar-refractivity contribution in [2.45, 2.75) is 44.8 Å². The number of anilines is 1. The van der Waals surface area contributed by atoms with Crippen molar-refractivity contribution in [2.75, 3.05) is 5.32 Å². The van der Waals surface area contributed by atoms with Gasteiger partial charge in [0.15, 0.2) is 0 Å². The normalized spacial score (nSPS) is 17.3. The Bertz CT molecular complexity index is 555. The molecule has 6 nitrogen and oxygen atoms in total. The zero-order valence-corrected chi connectivity index (χ0v) is 12.6. The Kier molecular flexibility index (Phi) is 4.99. The van der Waals surface area contributed by atoms with Crippen molar-refractivity contribution in [3.8, 4) is 0 Å². The lowest BCUT2D eigenvalue weighted by atomic mass is 9.97. The lowest BCUT2D eigenvalue weighted by Crippen LogP contribution is -2.47. The van der Waals surface area contributed by atoms with Crippen molar-refractivity contribution < 1.29 is 22.8 Å². The number of rotatable bonds is 4. The summed E-state index contributed by atoms with van der Waals surface area (Å²) in [5, 5.41) is 9.83. The third-order valence-corrected chi connectivity index (χ3v) is 4.29. The molecule has 1 atom stereocenters. The third-order valence-electron chi connectivity index (χ3n) is 3.41. The molecule has 0 aliphatic heterocycles. The van der Waals surface area contributed by atoms with Gasteiger partial charge in [0, 0.05) is 6.92 Å². The number of nitrogens with one attached hydrogen (secondary N) is 2. The lowest BCUT2D eigenvalue weighted by molar-refractivity contribution is -0.138. The van der Waals surface area contributed by atoms with Gasteiger partial charge in [-0.3, -0.25) is 14.9 Å². The molecule has 0 saturated heterocycles. The maximum Gasteiger partial charge on any atom is 0.445 e. The molecule has 1 unspecified atom stereocenters. The standard InChI is InChI=1S/C12H15F3N4O2S/c1-6(20)16-8(7-4-2-3-5-7)9(21)17-11-19-18-10(22-11)12(13,14)15/h7-8H,2-5H2,1H3,(H,16,20)(H,17,19,21). The van der Waals surface area contributed by atoms with Crippen molar-refractivity contribution in [3.63, 3.8) is 0 Å². The molecular weight excluding hydrogens is 321 g/mol. The van der Waals surface area contributed by atoms with Crippen molar-refractivity contribution in [1.82, 2.24) is 15.5 Å². The molecule has 1 aliphatic carbocycles. The zero-order valence-electron chi connectivity index (χ0n) is 11.7. The van der Waals surface area contributed by atoms with Crippen molar-refractivity contribution in [2.24, 2.45) is 5.92 Å². The molecule has 122 valence electrons. The molecule has 2 N–H and O–H groups in total. The fourth-order valence-corrected chi connectivity index (χ4v) is 3.09. The maximum absolute atomic E-state index is 12.5. The van der Waals surface area contributed by atoms with Crippen LogP contribution in [0, 0.1) is 5.92 Å². The summed E-state index contributed by atoms with van der Waals surface area (Å²) in [4.78, 5) is 23.5. The summed E-state index contributed by atoms with van der Waals surface area (Å²) >= 11 is 0.255. The predicted octanol–water partition coefficient (Wildman–Crippen LogP) is 2.19. The molecule has 1 aromatic rings. The largest absolute Gasteiger partial charge is 0.445 e. The fourth-order valence-electron chi connectivity index (χ4n) is 2.48. The highest BCUT2D eigenvalue weighted by atomic mass is 32.1. The lowest BCUT2D eigenvalue weighted by Gasteiger charge is -2.22. The molecular formula is C12H15F3N4O2S. The number of amides is 2. The Labute approximate surface area is 128 Å². The number of aromatic nitrogens is 2. The van der Waals surface area contributed by atoms with E-state index in [9.17, 15) is 22.8 Å². The smallest absolute Gasteiger partial charge is 0.344 e. The van der Waals surface area contributed by atoms with Gasteiger partial charge in [-0.15, -0.1) is 10.2 Å². The van der Waals surface area contributed by atoms with Crippen LogP contribution in [-0.4, -0.2) is 28.1 Å². The quantitative estimate of drug-likeness (QED) is 0.883. The van der Waals surface area contributed by atoms with Gasteiger partial charge in [-0.2, -0.15) is 13.2 Å². The molecule has 0 aromatic carbocycles. The summed E-state index contributed by atoms with van der Waals surface area (Å²) in [7, 11) is 0. The minimum atomic E-state index is -4.59. The summed E-state index contributed by atoms with van der Waals surface area (Å²) < 4.78 is 37.4. The highest BCUT2D eigenvalue weighted by Crippen LogP contribution is 2.33. The molecule has 1 aliphatic rings. The molecule has 2 rings (SSSR count).